The Hall–Kier alpha value is -1.84. The molecule has 4 heteroatoms. The molecule has 0 saturated heterocycles. The summed E-state index contributed by atoms with van der Waals surface area (Å²) in [6.07, 6.45) is 4.91. The van der Waals surface area contributed by atoms with Gasteiger partial charge in [0.05, 0.1) is 0 Å². The Morgan fingerprint density at radius 2 is 2.27 bits per heavy atom. The molecule has 0 aliphatic heterocycles. The number of hydrogen-bond acceptors (Lipinski definition) is 4. The second-order valence-corrected chi connectivity index (χ2v) is 3.46. The van der Waals surface area contributed by atoms with Crippen molar-refractivity contribution in [1.29, 1.82) is 0 Å². The Labute approximate surface area is 89.7 Å². The average Bonchev–Trinajstić information content (AvgIpc) is 2.18. The number of allylic oxidation sites excluding steroid dienone is 1. The Kier molecular flexibility index (Phi) is 3.85. The van der Waals surface area contributed by atoms with Gasteiger partial charge in [0.25, 0.3) is 0 Å². The van der Waals surface area contributed by atoms with Crippen molar-refractivity contribution in [3.63, 3.8) is 0 Å². The molecule has 0 saturated carbocycles. The van der Waals surface area contributed by atoms with Crippen molar-refractivity contribution >= 4 is 17.6 Å². The lowest BCUT2D eigenvalue weighted by Crippen LogP contribution is -1.97. The van der Waals surface area contributed by atoms with Gasteiger partial charge in [-0.25, -0.2) is 4.98 Å². The molecule has 1 rings (SSSR count). The minimum absolute atomic E-state index is 0.249. The summed E-state index contributed by atoms with van der Waals surface area (Å²) < 4.78 is 0. The van der Waals surface area contributed by atoms with E-state index in [4.69, 9.17) is 11.5 Å². The molecule has 1 aromatic rings. The number of aliphatic imine (C=N–C) groups is 1. The highest BCUT2D eigenvalue weighted by molar-refractivity contribution is 6.09. The lowest BCUT2D eigenvalue weighted by molar-refractivity contribution is 0.842. The largest absolute Gasteiger partial charge is 0.404 e. The summed E-state index contributed by atoms with van der Waals surface area (Å²) in [5.74, 6) is 0.477. The van der Waals surface area contributed by atoms with E-state index in [2.05, 4.69) is 9.98 Å². The number of nitrogen functional groups attached to an aromatic ring is 1. The minimum Gasteiger partial charge on any atom is -0.404 e. The molecule has 0 bridgehead atoms. The third kappa shape index (κ3) is 3.42. The monoisotopic (exact) mass is 204 g/mol. The third-order valence-electron chi connectivity index (χ3n) is 1.81. The predicted molar refractivity (Wildman–Crippen MR) is 64.4 cm³/mol. The summed E-state index contributed by atoms with van der Waals surface area (Å²) in [4.78, 5) is 8.18. The van der Waals surface area contributed by atoms with E-state index in [0.717, 1.165) is 11.1 Å². The molecule has 0 aliphatic rings. The van der Waals surface area contributed by atoms with Crippen LogP contribution in [0.1, 0.15) is 19.4 Å². The lowest BCUT2D eigenvalue weighted by Gasteiger charge is -2.02. The number of anilines is 1. The van der Waals surface area contributed by atoms with Gasteiger partial charge in [-0.2, -0.15) is 0 Å². The van der Waals surface area contributed by atoms with Crippen molar-refractivity contribution in [1.82, 2.24) is 4.98 Å². The molecule has 0 amide bonds. The van der Waals surface area contributed by atoms with Gasteiger partial charge in [-0.3, -0.25) is 4.99 Å². The fraction of sp³-hybridized carbons (Fsp3) is 0.273. The maximum absolute atomic E-state index is 5.58. The standard InChI is InChI=1S/C11H16N4/c1-8(2)15-7-10(6-12)9-3-4-14-11(13)5-9/h3-8H,12H2,1-2H3,(H2,13,14)/b10-6+,15-7?. The van der Waals surface area contributed by atoms with Crippen LogP contribution in [0.15, 0.2) is 29.5 Å². The van der Waals surface area contributed by atoms with E-state index in [1.165, 1.54) is 6.20 Å². The van der Waals surface area contributed by atoms with Crippen molar-refractivity contribution in [2.45, 2.75) is 19.9 Å². The molecule has 4 nitrogen and oxygen atoms in total. The summed E-state index contributed by atoms with van der Waals surface area (Å²) in [7, 11) is 0. The zero-order chi connectivity index (χ0) is 11.3. The van der Waals surface area contributed by atoms with Crippen LogP contribution in [0.5, 0.6) is 0 Å². The van der Waals surface area contributed by atoms with Gasteiger partial charge >= 0.3 is 0 Å². The zero-order valence-electron chi connectivity index (χ0n) is 9.01. The minimum atomic E-state index is 0.249. The molecular formula is C11H16N4. The lowest BCUT2D eigenvalue weighted by atomic mass is 10.1. The Morgan fingerprint density at radius 1 is 1.53 bits per heavy atom. The summed E-state index contributed by atoms with van der Waals surface area (Å²) in [5, 5.41) is 0. The van der Waals surface area contributed by atoms with Crippen molar-refractivity contribution in [2.24, 2.45) is 10.7 Å². The number of hydrogen-bond donors (Lipinski definition) is 2. The molecule has 0 unspecified atom stereocenters. The van der Waals surface area contributed by atoms with Crippen LogP contribution < -0.4 is 11.5 Å². The number of pyridine rings is 1. The number of aromatic nitrogens is 1. The zero-order valence-corrected chi connectivity index (χ0v) is 9.01. The third-order valence-corrected chi connectivity index (χ3v) is 1.81. The molecule has 0 atom stereocenters. The van der Waals surface area contributed by atoms with E-state index in [1.54, 1.807) is 18.5 Å². The van der Waals surface area contributed by atoms with Crippen LogP contribution in [0.25, 0.3) is 5.57 Å². The van der Waals surface area contributed by atoms with E-state index in [1.807, 2.05) is 19.9 Å². The maximum atomic E-state index is 5.58. The first-order valence-electron chi connectivity index (χ1n) is 4.80. The number of nitrogens with zero attached hydrogens (tertiary/aromatic N) is 2. The van der Waals surface area contributed by atoms with Gasteiger partial charge in [0.2, 0.25) is 0 Å². The smallest absolute Gasteiger partial charge is 0.123 e. The Morgan fingerprint density at radius 3 is 2.80 bits per heavy atom. The number of nitrogens with two attached hydrogens (primary N) is 2. The second kappa shape index (κ2) is 5.14. The average molecular weight is 204 g/mol. The molecule has 15 heavy (non-hydrogen) atoms. The van der Waals surface area contributed by atoms with Crippen LogP contribution in [0.2, 0.25) is 0 Å². The Bertz CT molecular complexity index is 380. The molecule has 0 fully saturated rings. The SMILES string of the molecule is CC(C)N=C/C(=C\N)c1ccnc(N)c1. The van der Waals surface area contributed by atoms with E-state index >= 15 is 0 Å². The molecule has 0 aliphatic carbocycles. The van der Waals surface area contributed by atoms with E-state index in [9.17, 15) is 0 Å². The van der Waals surface area contributed by atoms with E-state index in [-0.39, 0.29) is 6.04 Å². The summed E-state index contributed by atoms with van der Waals surface area (Å²) in [6, 6.07) is 3.87. The van der Waals surface area contributed by atoms with Crippen molar-refractivity contribution in [2.75, 3.05) is 5.73 Å². The second-order valence-electron chi connectivity index (χ2n) is 3.46. The van der Waals surface area contributed by atoms with Crippen LogP contribution in [0, 0.1) is 0 Å². The van der Waals surface area contributed by atoms with Gasteiger partial charge < -0.3 is 11.5 Å². The fourth-order valence-electron chi connectivity index (χ4n) is 1.07. The highest BCUT2D eigenvalue weighted by Crippen LogP contribution is 2.12. The Balaban J connectivity index is 2.94. The molecular weight excluding hydrogens is 188 g/mol. The van der Waals surface area contributed by atoms with Crippen molar-refractivity contribution in [3.8, 4) is 0 Å². The first kappa shape index (κ1) is 11.2. The first-order chi connectivity index (χ1) is 7.13. The molecule has 0 aromatic carbocycles. The van der Waals surface area contributed by atoms with Gasteiger partial charge in [-0.1, -0.05) is 0 Å². The molecule has 0 radical (unpaired) electrons. The summed E-state index contributed by atoms with van der Waals surface area (Å²) in [6.45, 7) is 4.01. The molecule has 1 aromatic heterocycles. The predicted octanol–water partition coefficient (Wildman–Crippen LogP) is 1.44. The highest BCUT2D eigenvalue weighted by Gasteiger charge is 1.99. The van der Waals surface area contributed by atoms with Crippen LogP contribution >= 0.6 is 0 Å². The molecule has 80 valence electrons. The van der Waals surface area contributed by atoms with Crippen LogP contribution in [0.3, 0.4) is 0 Å². The first-order valence-corrected chi connectivity index (χ1v) is 4.80. The van der Waals surface area contributed by atoms with Gasteiger partial charge in [0.15, 0.2) is 0 Å². The van der Waals surface area contributed by atoms with Crippen LogP contribution in [-0.2, 0) is 0 Å². The van der Waals surface area contributed by atoms with Gasteiger partial charge in [0.1, 0.15) is 5.82 Å². The van der Waals surface area contributed by atoms with Gasteiger partial charge in [-0.05, 0) is 31.5 Å². The van der Waals surface area contributed by atoms with Crippen molar-refractivity contribution < 1.29 is 0 Å². The normalized spacial score (nSPS) is 12.6. The number of rotatable bonds is 3. The van der Waals surface area contributed by atoms with Crippen LogP contribution in [0.4, 0.5) is 5.82 Å². The van der Waals surface area contributed by atoms with E-state index < -0.39 is 0 Å². The van der Waals surface area contributed by atoms with E-state index in [0.29, 0.717) is 5.82 Å². The van der Waals surface area contributed by atoms with Gasteiger partial charge in [0, 0.05) is 30.2 Å². The van der Waals surface area contributed by atoms with Crippen molar-refractivity contribution in [3.05, 3.63) is 30.1 Å². The summed E-state index contributed by atoms with van der Waals surface area (Å²) >= 11 is 0. The highest BCUT2D eigenvalue weighted by atomic mass is 14.8. The maximum Gasteiger partial charge on any atom is 0.123 e. The topological polar surface area (TPSA) is 77.3 Å². The molecule has 1 heterocycles. The summed E-state index contributed by atoms with van der Waals surface area (Å²) in [5.41, 5.74) is 12.9. The molecule has 0 spiro atoms. The molecule has 4 N–H and O–H groups in total. The van der Waals surface area contributed by atoms with Gasteiger partial charge in [-0.15, -0.1) is 0 Å². The fourth-order valence-corrected chi connectivity index (χ4v) is 1.07. The van der Waals surface area contributed by atoms with Crippen LogP contribution in [-0.4, -0.2) is 17.2 Å². The quantitative estimate of drug-likeness (QED) is 0.731.